The van der Waals surface area contributed by atoms with Gasteiger partial charge < -0.3 is 9.84 Å². The lowest BCUT2D eigenvalue weighted by atomic mass is 10.2. The van der Waals surface area contributed by atoms with Crippen molar-refractivity contribution in [1.82, 2.24) is 0 Å². The molecule has 0 aromatic rings. The van der Waals surface area contributed by atoms with Crippen molar-refractivity contribution in [3.63, 3.8) is 0 Å². The number of ether oxygens (including phenoxy) is 1. The van der Waals surface area contributed by atoms with E-state index in [0.29, 0.717) is 0 Å². The summed E-state index contributed by atoms with van der Waals surface area (Å²) < 4.78 is 28.8. The van der Waals surface area contributed by atoms with Crippen molar-refractivity contribution in [3.05, 3.63) is 0 Å². The molecule has 11 heavy (non-hydrogen) atoms. The van der Waals surface area contributed by atoms with Gasteiger partial charge in [-0.3, -0.25) is 0 Å². The largest absolute Gasteiger partial charge is 0.394 e. The molecule has 1 aliphatic heterocycles. The van der Waals surface area contributed by atoms with Gasteiger partial charge in [0.15, 0.2) is 0 Å². The van der Waals surface area contributed by atoms with E-state index in [0.717, 1.165) is 0 Å². The highest BCUT2D eigenvalue weighted by molar-refractivity contribution is 4.78. The first-order valence-corrected chi connectivity index (χ1v) is 3.74. The topological polar surface area (TPSA) is 29.5 Å². The highest BCUT2D eigenvalue weighted by atomic mass is 19.3. The standard InChI is InChI=1S/C5H8F2O2.C2H6/c6-5(7)1-4(2-8)9-3-5;1-2/h4,8H,1-3H2;1-2H3. The summed E-state index contributed by atoms with van der Waals surface area (Å²) in [6.07, 6.45) is -0.997. The fraction of sp³-hybridized carbons (Fsp3) is 1.00. The van der Waals surface area contributed by atoms with Gasteiger partial charge in [0.2, 0.25) is 0 Å². The minimum atomic E-state index is -2.71. The van der Waals surface area contributed by atoms with Gasteiger partial charge in [-0.25, -0.2) is 8.78 Å². The van der Waals surface area contributed by atoms with E-state index >= 15 is 0 Å². The maximum Gasteiger partial charge on any atom is 0.273 e. The summed E-state index contributed by atoms with van der Waals surface area (Å²) in [7, 11) is 0. The molecule has 1 fully saturated rings. The third-order valence-corrected chi connectivity index (χ3v) is 1.26. The molecule has 1 heterocycles. The van der Waals surface area contributed by atoms with Crippen LogP contribution in [0.4, 0.5) is 8.78 Å². The van der Waals surface area contributed by atoms with Crippen LogP contribution in [0, 0.1) is 0 Å². The summed E-state index contributed by atoms with van der Waals surface area (Å²) in [5.41, 5.74) is 0. The van der Waals surface area contributed by atoms with Gasteiger partial charge in [-0.1, -0.05) is 13.8 Å². The van der Waals surface area contributed by atoms with Gasteiger partial charge in [0.05, 0.1) is 12.7 Å². The monoisotopic (exact) mass is 168 g/mol. The molecule has 0 aromatic carbocycles. The number of hydrogen-bond acceptors (Lipinski definition) is 2. The molecule has 0 aliphatic carbocycles. The summed E-state index contributed by atoms with van der Waals surface area (Å²) in [6.45, 7) is 3.15. The maximum atomic E-state index is 12.1. The Morgan fingerprint density at radius 3 is 2.27 bits per heavy atom. The Labute approximate surface area is 65.2 Å². The van der Waals surface area contributed by atoms with E-state index in [2.05, 4.69) is 4.74 Å². The molecule has 2 nitrogen and oxygen atoms in total. The lowest BCUT2D eigenvalue weighted by Crippen LogP contribution is -2.16. The molecule has 0 radical (unpaired) electrons. The molecule has 0 spiro atoms. The molecular formula is C7H14F2O2. The number of alkyl halides is 2. The summed E-state index contributed by atoms with van der Waals surface area (Å²) in [5.74, 6) is -2.71. The molecule has 1 atom stereocenters. The maximum absolute atomic E-state index is 12.1. The van der Waals surface area contributed by atoms with Gasteiger partial charge in [-0.15, -0.1) is 0 Å². The zero-order chi connectivity index (χ0) is 8.91. The highest BCUT2D eigenvalue weighted by Crippen LogP contribution is 2.28. The zero-order valence-electron chi connectivity index (χ0n) is 6.81. The van der Waals surface area contributed by atoms with Gasteiger partial charge in [-0.05, 0) is 0 Å². The summed E-state index contributed by atoms with van der Waals surface area (Å²) in [4.78, 5) is 0. The first kappa shape index (κ1) is 10.8. The van der Waals surface area contributed by atoms with Crippen molar-refractivity contribution in [2.45, 2.75) is 32.3 Å². The molecule has 0 saturated carbocycles. The predicted octanol–water partition coefficient (Wildman–Crippen LogP) is 1.43. The Balaban J connectivity index is 0.000000461. The van der Waals surface area contributed by atoms with E-state index in [-0.39, 0.29) is 13.0 Å². The van der Waals surface area contributed by atoms with E-state index in [1.807, 2.05) is 13.8 Å². The first-order valence-electron chi connectivity index (χ1n) is 3.74. The number of aliphatic hydroxyl groups is 1. The second-order valence-corrected chi connectivity index (χ2v) is 2.18. The van der Waals surface area contributed by atoms with Gasteiger partial charge in [0, 0.05) is 6.42 Å². The first-order chi connectivity index (χ1) is 5.14. The van der Waals surface area contributed by atoms with E-state index < -0.39 is 18.6 Å². The van der Waals surface area contributed by atoms with Crippen LogP contribution < -0.4 is 0 Å². The van der Waals surface area contributed by atoms with Gasteiger partial charge in [0.1, 0.15) is 6.61 Å². The molecule has 1 saturated heterocycles. The molecule has 0 aromatic heterocycles. The lowest BCUT2D eigenvalue weighted by Gasteiger charge is -2.03. The smallest absolute Gasteiger partial charge is 0.273 e. The zero-order valence-corrected chi connectivity index (χ0v) is 6.81. The van der Waals surface area contributed by atoms with E-state index in [1.54, 1.807) is 0 Å². The number of halogens is 2. The van der Waals surface area contributed by atoms with Gasteiger partial charge in [0.25, 0.3) is 5.92 Å². The van der Waals surface area contributed by atoms with Crippen molar-refractivity contribution < 1.29 is 18.6 Å². The lowest BCUT2D eigenvalue weighted by molar-refractivity contribution is -0.0122. The van der Waals surface area contributed by atoms with Crippen molar-refractivity contribution in [2.24, 2.45) is 0 Å². The van der Waals surface area contributed by atoms with Crippen LogP contribution in [0.15, 0.2) is 0 Å². The number of aliphatic hydroxyl groups excluding tert-OH is 1. The normalized spacial score (nSPS) is 27.5. The third kappa shape index (κ3) is 3.62. The van der Waals surface area contributed by atoms with E-state index in [1.165, 1.54) is 0 Å². The molecule has 68 valence electrons. The van der Waals surface area contributed by atoms with Crippen LogP contribution in [0.1, 0.15) is 20.3 Å². The molecule has 0 bridgehead atoms. The molecule has 1 N–H and O–H groups in total. The van der Waals surface area contributed by atoms with Crippen molar-refractivity contribution in [3.8, 4) is 0 Å². The Hall–Kier alpha value is -0.220. The minimum absolute atomic E-state index is 0.310. The van der Waals surface area contributed by atoms with Crippen molar-refractivity contribution in [2.75, 3.05) is 13.2 Å². The van der Waals surface area contributed by atoms with Crippen LogP contribution in [0.5, 0.6) is 0 Å². The second-order valence-electron chi connectivity index (χ2n) is 2.18. The summed E-state index contributed by atoms with van der Waals surface area (Å²) in [5, 5.41) is 8.34. The van der Waals surface area contributed by atoms with Crippen LogP contribution >= 0.6 is 0 Å². The molecule has 4 heteroatoms. The molecule has 1 rings (SSSR count). The van der Waals surface area contributed by atoms with Crippen molar-refractivity contribution >= 4 is 0 Å². The second kappa shape index (κ2) is 4.62. The van der Waals surface area contributed by atoms with Crippen LogP contribution in [-0.2, 0) is 4.74 Å². The SMILES string of the molecule is CC.OCC1CC(F)(F)CO1. The summed E-state index contributed by atoms with van der Waals surface area (Å²) in [6, 6.07) is 0. The molecule has 1 aliphatic rings. The predicted molar refractivity (Wildman–Crippen MR) is 37.7 cm³/mol. The third-order valence-electron chi connectivity index (χ3n) is 1.26. The number of hydrogen-bond donors (Lipinski definition) is 1. The summed E-state index contributed by atoms with van der Waals surface area (Å²) >= 11 is 0. The van der Waals surface area contributed by atoms with Crippen LogP contribution in [0.25, 0.3) is 0 Å². The molecular weight excluding hydrogens is 154 g/mol. The quantitative estimate of drug-likeness (QED) is 0.641. The van der Waals surface area contributed by atoms with E-state index in [4.69, 9.17) is 5.11 Å². The van der Waals surface area contributed by atoms with Crippen LogP contribution in [0.3, 0.4) is 0 Å². The van der Waals surface area contributed by atoms with Crippen molar-refractivity contribution in [1.29, 1.82) is 0 Å². The Bertz CT molecular complexity index is 107. The Kier molecular flexibility index (Phi) is 4.52. The minimum Gasteiger partial charge on any atom is -0.394 e. The highest BCUT2D eigenvalue weighted by Gasteiger charge is 2.40. The average Bonchev–Trinajstić information content (AvgIpc) is 2.34. The fourth-order valence-electron chi connectivity index (χ4n) is 0.808. The van der Waals surface area contributed by atoms with E-state index in [9.17, 15) is 8.78 Å². The Morgan fingerprint density at radius 2 is 2.09 bits per heavy atom. The van der Waals surface area contributed by atoms with Crippen LogP contribution in [-0.4, -0.2) is 30.3 Å². The number of rotatable bonds is 1. The Morgan fingerprint density at radius 1 is 1.55 bits per heavy atom. The van der Waals surface area contributed by atoms with Gasteiger partial charge >= 0.3 is 0 Å². The van der Waals surface area contributed by atoms with Gasteiger partial charge in [-0.2, -0.15) is 0 Å². The molecule has 1 unspecified atom stereocenters. The molecule has 0 amide bonds. The van der Waals surface area contributed by atoms with Crippen LogP contribution in [0.2, 0.25) is 0 Å². The fourth-order valence-corrected chi connectivity index (χ4v) is 0.808. The average molecular weight is 168 g/mol.